The number of hydrogen-bond donors (Lipinski definition) is 0. The molecule has 1 aromatic heterocycles. The molecule has 2 rings (SSSR count). The lowest BCUT2D eigenvalue weighted by Gasteiger charge is -2.10. The Balaban J connectivity index is 1.71. The van der Waals surface area contributed by atoms with E-state index in [1.165, 1.54) is 57.8 Å². The summed E-state index contributed by atoms with van der Waals surface area (Å²) in [4.78, 5) is 17.1. The van der Waals surface area contributed by atoms with E-state index in [1.54, 1.807) is 0 Å². The van der Waals surface area contributed by atoms with Crippen LogP contribution in [0, 0.1) is 6.92 Å². The fourth-order valence-corrected chi connectivity index (χ4v) is 3.30. The van der Waals surface area contributed by atoms with Gasteiger partial charge in [0.25, 0.3) is 5.56 Å². The molecule has 0 bridgehead atoms. The average Bonchev–Trinajstić information content (AvgIpc) is 2.59. The molecule has 0 unspecified atom stereocenters. The Morgan fingerprint density at radius 2 is 1.46 bits per heavy atom. The normalized spacial score (nSPS) is 11.2. The van der Waals surface area contributed by atoms with Crippen LogP contribution in [-0.4, -0.2) is 9.55 Å². The lowest BCUT2D eigenvalue weighted by molar-refractivity contribution is 0.524. The van der Waals surface area contributed by atoms with Crippen molar-refractivity contribution >= 4 is 10.9 Å². The number of rotatable bonds is 11. The highest BCUT2D eigenvalue weighted by molar-refractivity contribution is 5.77. The van der Waals surface area contributed by atoms with E-state index in [0.29, 0.717) is 0 Å². The molecule has 0 aliphatic heterocycles. The van der Waals surface area contributed by atoms with Crippen LogP contribution in [0.3, 0.4) is 0 Å². The molecule has 1 heterocycles. The Bertz CT molecular complexity index is 675. The summed E-state index contributed by atoms with van der Waals surface area (Å²) in [6.07, 6.45) is 13.1. The second-order valence-corrected chi connectivity index (χ2v) is 6.81. The van der Waals surface area contributed by atoms with Crippen LogP contribution in [0.2, 0.25) is 0 Å². The molecule has 3 heteroatoms. The Morgan fingerprint density at radius 3 is 2.12 bits per heavy atom. The number of benzene rings is 1. The van der Waals surface area contributed by atoms with Gasteiger partial charge in [-0.05, 0) is 25.5 Å². The minimum absolute atomic E-state index is 0.106. The van der Waals surface area contributed by atoms with Gasteiger partial charge in [-0.15, -0.1) is 0 Å². The van der Waals surface area contributed by atoms with E-state index >= 15 is 0 Å². The van der Waals surface area contributed by atoms with Gasteiger partial charge in [0.15, 0.2) is 0 Å². The maximum absolute atomic E-state index is 12.6. The van der Waals surface area contributed by atoms with Crippen molar-refractivity contribution in [3.05, 3.63) is 40.4 Å². The molecule has 0 saturated carbocycles. The molecule has 0 amide bonds. The molecular weight excluding hydrogens is 296 g/mol. The second kappa shape index (κ2) is 10.3. The summed E-state index contributed by atoms with van der Waals surface area (Å²) < 4.78 is 1.84. The van der Waals surface area contributed by atoms with Crippen molar-refractivity contribution in [3.63, 3.8) is 0 Å². The van der Waals surface area contributed by atoms with Crippen LogP contribution < -0.4 is 5.56 Å². The van der Waals surface area contributed by atoms with Crippen LogP contribution in [0.4, 0.5) is 0 Å². The molecule has 132 valence electrons. The highest BCUT2D eigenvalue weighted by Crippen LogP contribution is 2.12. The third kappa shape index (κ3) is 5.47. The van der Waals surface area contributed by atoms with E-state index < -0.39 is 0 Å². The Hall–Kier alpha value is -1.64. The van der Waals surface area contributed by atoms with Crippen LogP contribution in [0.25, 0.3) is 10.9 Å². The van der Waals surface area contributed by atoms with Crippen LogP contribution in [0.15, 0.2) is 29.1 Å². The van der Waals surface area contributed by atoms with Crippen molar-refractivity contribution in [3.8, 4) is 0 Å². The van der Waals surface area contributed by atoms with Gasteiger partial charge in [-0.3, -0.25) is 9.36 Å². The molecule has 0 N–H and O–H groups in total. The van der Waals surface area contributed by atoms with E-state index in [2.05, 4.69) is 11.9 Å². The molecule has 3 nitrogen and oxygen atoms in total. The zero-order valence-electron chi connectivity index (χ0n) is 15.4. The topological polar surface area (TPSA) is 34.9 Å². The molecular formula is C21H32N2O. The van der Waals surface area contributed by atoms with Crippen LogP contribution in [0.1, 0.15) is 77.0 Å². The largest absolute Gasteiger partial charge is 0.296 e. The molecule has 0 radical (unpaired) electrons. The third-order valence-electron chi connectivity index (χ3n) is 4.79. The molecule has 0 spiro atoms. The van der Waals surface area contributed by atoms with Crippen LogP contribution >= 0.6 is 0 Å². The molecule has 1 aromatic carbocycles. The number of fused-ring (bicyclic) bond motifs is 1. The maximum atomic E-state index is 12.6. The van der Waals surface area contributed by atoms with E-state index in [0.717, 1.165) is 29.7 Å². The predicted molar refractivity (Wildman–Crippen MR) is 103 cm³/mol. The van der Waals surface area contributed by atoms with Gasteiger partial charge >= 0.3 is 0 Å². The van der Waals surface area contributed by atoms with E-state index in [9.17, 15) is 4.79 Å². The van der Waals surface area contributed by atoms with Crippen molar-refractivity contribution < 1.29 is 0 Å². The summed E-state index contributed by atoms with van der Waals surface area (Å²) >= 11 is 0. The van der Waals surface area contributed by atoms with Gasteiger partial charge in [-0.2, -0.15) is 0 Å². The number of aromatic nitrogens is 2. The van der Waals surface area contributed by atoms with Gasteiger partial charge in [0, 0.05) is 6.54 Å². The zero-order valence-corrected chi connectivity index (χ0v) is 15.4. The Kier molecular flexibility index (Phi) is 8.00. The Morgan fingerprint density at radius 1 is 0.875 bits per heavy atom. The van der Waals surface area contributed by atoms with Crippen molar-refractivity contribution in [2.45, 2.75) is 84.6 Å². The monoisotopic (exact) mass is 328 g/mol. The van der Waals surface area contributed by atoms with Gasteiger partial charge in [0.05, 0.1) is 10.9 Å². The van der Waals surface area contributed by atoms with Gasteiger partial charge in [-0.1, -0.05) is 76.8 Å². The summed E-state index contributed by atoms with van der Waals surface area (Å²) in [7, 11) is 0. The minimum atomic E-state index is 0.106. The summed E-state index contributed by atoms with van der Waals surface area (Å²) in [5, 5.41) is 0.732. The van der Waals surface area contributed by atoms with E-state index in [-0.39, 0.29) is 5.56 Å². The second-order valence-electron chi connectivity index (χ2n) is 6.81. The van der Waals surface area contributed by atoms with Crippen LogP contribution in [-0.2, 0) is 6.54 Å². The van der Waals surface area contributed by atoms with E-state index in [1.807, 2.05) is 35.8 Å². The summed E-state index contributed by atoms with van der Waals surface area (Å²) in [5.41, 5.74) is 0.911. The highest BCUT2D eigenvalue weighted by atomic mass is 16.1. The smallest absolute Gasteiger partial charge is 0.261 e. The van der Waals surface area contributed by atoms with Gasteiger partial charge < -0.3 is 0 Å². The number of aryl methyl sites for hydroxylation is 1. The predicted octanol–water partition coefficient (Wildman–Crippen LogP) is 5.63. The van der Waals surface area contributed by atoms with Crippen molar-refractivity contribution in [2.24, 2.45) is 0 Å². The zero-order chi connectivity index (χ0) is 17.2. The number of hydrogen-bond acceptors (Lipinski definition) is 2. The summed E-state index contributed by atoms with van der Waals surface area (Å²) in [6, 6.07) is 7.63. The average molecular weight is 329 g/mol. The first-order valence-electron chi connectivity index (χ1n) is 9.70. The van der Waals surface area contributed by atoms with Crippen LogP contribution in [0.5, 0.6) is 0 Å². The molecule has 0 aliphatic rings. The number of unbranched alkanes of at least 4 members (excludes halogenated alkanes) is 9. The summed E-state index contributed by atoms with van der Waals surface area (Å²) in [6.45, 7) is 4.99. The molecule has 0 aliphatic carbocycles. The first-order valence-corrected chi connectivity index (χ1v) is 9.70. The van der Waals surface area contributed by atoms with E-state index in [4.69, 9.17) is 0 Å². The molecule has 24 heavy (non-hydrogen) atoms. The lowest BCUT2D eigenvalue weighted by Crippen LogP contribution is -2.24. The standard InChI is InChI=1S/C21H32N2O/c1-3-4-5-6-7-8-9-10-11-14-17-23-18(2)22-20-16-13-12-15-19(20)21(23)24/h12-13,15-16H,3-11,14,17H2,1-2H3. The van der Waals surface area contributed by atoms with Gasteiger partial charge in [-0.25, -0.2) is 4.98 Å². The highest BCUT2D eigenvalue weighted by Gasteiger charge is 2.06. The quantitative estimate of drug-likeness (QED) is 0.501. The lowest BCUT2D eigenvalue weighted by atomic mass is 10.1. The molecule has 0 saturated heterocycles. The van der Waals surface area contributed by atoms with Crippen molar-refractivity contribution in [1.29, 1.82) is 0 Å². The summed E-state index contributed by atoms with van der Waals surface area (Å²) in [5.74, 6) is 0.828. The first kappa shape index (κ1) is 18.7. The SMILES string of the molecule is CCCCCCCCCCCCn1c(C)nc2ccccc2c1=O. The molecule has 0 atom stereocenters. The van der Waals surface area contributed by atoms with Crippen molar-refractivity contribution in [1.82, 2.24) is 9.55 Å². The van der Waals surface area contributed by atoms with Gasteiger partial charge in [0.2, 0.25) is 0 Å². The minimum Gasteiger partial charge on any atom is -0.296 e. The van der Waals surface area contributed by atoms with Gasteiger partial charge in [0.1, 0.15) is 5.82 Å². The Labute approximate surface area is 146 Å². The fourth-order valence-electron chi connectivity index (χ4n) is 3.30. The van der Waals surface area contributed by atoms with Crippen molar-refractivity contribution in [2.75, 3.05) is 0 Å². The number of nitrogens with zero attached hydrogens (tertiary/aromatic N) is 2. The maximum Gasteiger partial charge on any atom is 0.261 e. The number of para-hydroxylation sites is 1. The fraction of sp³-hybridized carbons (Fsp3) is 0.619. The molecule has 0 fully saturated rings. The molecule has 2 aromatic rings. The first-order chi connectivity index (χ1) is 11.7. The third-order valence-corrected chi connectivity index (χ3v) is 4.79.